The summed E-state index contributed by atoms with van der Waals surface area (Å²) in [5.74, 6) is -1.10. The fraction of sp³-hybridized carbons (Fsp3) is 0.450. The minimum atomic E-state index is -1.02. The lowest BCUT2D eigenvalue weighted by atomic mass is 10.1. The molecule has 1 aromatic carbocycles. The number of rotatable bonds is 7. The van der Waals surface area contributed by atoms with E-state index in [1.807, 2.05) is 19.9 Å². The van der Waals surface area contributed by atoms with Gasteiger partial charge in [-0.25, -0.2) is 4.79 Å². The summed E-state index contributed by atoms with van der Waals surface area (Å²) in [6.45, 7) is 5.20. The fourth-order valence-corrected chi connectivity index (χ4v) is 2.86. The molecule has 1 aliphatic rings. The number of nitrogens with two attached hydrogens (primary N) is 1. The lowest BCUT2D eigenvalue weighted by Crippen LogP contribution is -2.31. The predicted molar refractivity (Wildman–Crippen MR) is 105 cm³/mol. The van der Waals surface area contributed by atoms with Gasteiger partial charge in [0.05, 0.1) is 11.8 Å². The zero-order chi connectivity index (χ0) is 21.4. The van der Waals surface area contributed by atoms with Crippen LogP contribution in [0.25, 0.3) is 6.08 Å². The Hall–Kier alpha value is -3.25. The number of nitrogen functional groups attached to an aromatic ring is 1. The van der Waals surface area contributed by atoms with Crippen molar-refractivity contribution >= 4 is 23.8 Å². The van der Waals surface area contributed by atoms with E-state index in [1.165, 1.54) is 23.1 Å². The highest BCUT2D eigenvalue weighted by molar-refractivity contribution is 6.01. The molecule has 1 aromatic rings. The van der Waals surface area contributed by atoms with E-state index in [1.54, 1.807) is 0 Å². The Balaban J connectivity index is 2.17. The smallest absolute Gasteiger partial charge is 0.503 e. The Kier molecular flexibility index (Phi) is 7.86. The molecule has 0 saturated carbocycles. The van der Waals surface area contributed by atoms with Crippen LogP contribution in [0.15, 0.2) is 17.7 Å². The number of amides is 1. The van der Waals surface area contributed by atoms with Gasteiger partial charge in [-0.3, -0.25) is 4.79 Å². The van der Waals surface area contributed by atoms with Gasteiger partial charge < -0.3 is 30.0 Å². The van der Waals surface area contributed by atoms with E-state index in [9.17, 15) is 20.0 Å². The Labute approximate surface area is 169 Å². The second-order valence-electron chi connectivity index (χ2n) is 6.40. The van der Waals surface area contributed by atoms with Crippen molar-refractivity contribution in [2.24, 2.45) is 0 Å². The van der Waals surface area contributed by atoms with Gasteiger partial charge in [0, 0.05) is 19.7 Å². The minimum absolute atomic E-state index is 0.0472. The summed E-state index contributed by atoms with van der Waals surface area (Å²) >= 11 is 0. The van der Waals surface area contributed by atoms with Crippen molar-refractivity contribution in [2.75, 3.05) is 32.0 Å². The quantitative estimate of drug-likeness (QED) is 0.177. The summed E-state index contributed by atoms with van der Waals surface area (Å²) in [5, 5.41) is 19.4. The molecule has 0 bridgehead atoms. The standard InChI is InChI=1S/C20H25N3O6/c1-3-23(4-2)19(25)14(11-21)8-13-9-16(22)18(24)17(10-13)29-20(26)28-12-15-6-5-7-27-15/h8-10,15,24H,3-7,12,22H2,1-2H3/b14-8+. The number of ether oxygens (including phenoxy) is 3. The maximum absolute atomic E-state index is 12.4. The van der Waals surface area contributed by atoms with E-state index in [-0.39, 0.29) is 29.7 Å². The SMILES string of the molecule is CCN(CC)C(=O)/C(C#N)=C/c1cc(N)c(O)c(OC(=O)OCC2CCCO2)c1. The second kappa shape index (κ2) is 10.3. The zero-order valence-electron chi connectivity index (χ0n) is 16.5. The molecule has 156 valence electrons. The van der Waals surface area contributed by atoms with Gasteiger partial charge in [-0.05, 0) is 50.5 Å². The van der Waals surface area contributed by atoms with E-state index >= 15 is 0 Å². The first-order chi connectivity index (χ1) is 13.9. The van der Waals surface area contributed by atoms with Crippen molar-refractivity contribution in [1.82, 2.24) is 4.90 Å². The zero-order valence-corrected chi connectivity index (χ0v) is 16.5. The van der Waals surface area contributed by atoms with Crippen LogP contribution in [0, 0.1) is 11.3 Å². The third-order valence-corrected chi connectivity index (χ3v) is 4.44. The van der Waals surface area contributed by atoms with Crippen LogP contribution >= 0.6 is 0 Å². The fourth-order valence-electron chi connectivity index (χ4n) is 2.86. The predicted octanol–water partition coefficient (Wildman–Crippen LogP) is 2.44. The van der Waals surface area contributed by atoms with Crippen molar-refractivity contribution in [2.45, 2.75) is 32.8 Å². The Bertz CT molecular complexity index is 820. The molecule has 1 heterocycles. The number of likely N-dealkylation sites (N-methyl/N-ethyl adjacent to an activating group) is 1. The third kappa shape index (κ3) is 5.86. The van der Waals surface area contributed by atoms with Gasteiger partial charge in [0.25, 0.3) is 5.91 Å². The number of hydrogen-bond acceptors (Lipinski definition) is 8. The molecule has 2 rings (SSSR count). The van der Waals surface area contributed by atoms with Crippen LogP contribution in [0.5, 0.6) is 11.5 Å². The maximum atomic E-state index is 12.4. The number of nitrogens with zero attached hydrogens (tertiary/aromatic N) is 2. The number of carbonyl (C=O) groups is 2. The normalized spacial score (nSPS) is 16.2. The first-order valence-corrected chi connectivity index (χ1v) is 9.39. The molecule has 1 fully saturated rings. The average molecular weight is 403 g/mol. The van der Waals surface area contributed by atoms with Gasteiger partial charge >= 0.3 is 6.16 Å². The van der Waals surface area contributed by atoms with Gasteiger partial charge in [0.15, 0.2) is 11.5 Å². The third-order valence-electron chi connectivity index (χ3n) is 4.44. The molecule has 1 amide bonds. The number of benzene rings is 1. The Morgan fingerprint density at radius 3 is 2.72 bits per heavy atom. The molecular formula is C20H25N3O6. The number of phenols is 1. The van der Waals surface area contributed by atoms with Gasteiger partial charge in [-0.1, -0.05) is 0 Å². The summed E-state index contributed by atoms with van der Waals surface area (Å²) < 4.78 is 15.4. The highest BCUT2D eigenvalue weighted by Gasteiger charge is 2.20. The largest absolute Gasteiger partial charge is 0.514 e. The number of phenolic OH excluding ortho intramolecular Hbond substituents is 1. The highest BCUT2D eigenvalue weighted by atomic mass is 16.7. The van der Waals surface area contributed by atoms with Crippen LogP contribution in [0.3, 0.4) is 0 Å². The molecule has 0 radical (unpaired) electrons. The van der Waals surface area contributed by atoms with Gasteiger partial charge in [-0.15, -0.1) is 0 Å². The number of nitriles is 1. The highest BCUT2D eigenvalue weighted by Crippen LogP contribution is 2.34. The van der Waals surface area contributed by atoms with Crippen molar-refractivity contribution in [3.63, 3.8) is 0 Å². The lowest BCUT2D eigenvalue weighted by molar-refractivity contribution is -0.126. The summed E-state index contributed by atoms with van der Waals surface area (Å²) in [7, 11) is 0. The molecular weight excluding hydrogens is 378 g/mol. The van der Waals surface area contributed by atoms with Crippen molar-refractivity contribution < 1.29 is 28.9 Å². The summed E-state index contributed by atoms with van der Waals surface area (Å²) in [4.78, 5) is 25.8. The molecule has 1 aliphatic heterocycles. The van der Waals surface area contributed by atoms with Gasteiger partial charge in [-0.2, -0.15) is 5.26 Å². The van der Waals surface area contributed by atoms with Crippen molar-refractivity contribution in [3.05, 3.63) is 23.3 Å². The van der Waals surface area contributed by atoms with E-state index in [4.69, 9.17) is 19.9 Å². The molecule has 0 aliphatic carbocycles. The second-order valence-corrected chi connectivity index (χ2v) is 6.40. The van der Waals surface area contributed by atoms with Crippen LogP contribution < -0.4 is 10.5 Å². The first kappa shape index (κ1) is 22.0. The van der Waals surface area contributed by atoms with Crippen LogP contribution in [-0.2, 0) is 14.3 Å². The van der Waals surface area contributed by atoms with Crippen molar-refractivity contribution in [1.29, 1.82) is 5.26 Å². The molecule has 1 saturated heterocycles. The van der Waals surface area contributed by atoms with Crippen LogP contribution in [-0.4, -0.2) is 54.5 Å². The summed E-state index contributed by atoms with van der Waals surface area (Å²) in [6.07, 6.45) is 1.84. The molecule has 1 unspecified atom stereocenters. The summed E-state index contributed by atoms with van der Waals surface area (Å²) in [6, 6.07) is 4.53. The minimum Gasteiger partial charge on any atom is -0.503 e. The van der Waals surface area contributed by atoms with E-state index in [2.05, 4.69) is 0 Å². The van der Waals surface area contributed by atoms with E-state index < -0.39 is 17.8 Å². The molecule has 3 N–H and O–H groups in total. The molecule has 0 aromatic heterocycles. The Morgan fingerprint density at radius 2 is 2.14 bits per heavy atom. The number of hydrogen-bond donors (Lipinski definition) is 2. The van der Waals surface area contributed by atoms with Crippen molar-refractivity contribution in [3.8, 4) is 17.6 Å². The molecule has 0 spiro atoms. The van der Waals surface area contributed by atoms with Gasteiger partial charge in [0.2, 0.25) is 0 Å². The maximum Gasteiger partial charge on any atom is 0.514 e. The molecule has 9 heteroatoms. The topological polar surface area (TPSA) is 135 Å². The average Bonchev–Trinajstić information content (AvgIpc) is 3.22. The van der Waals surface area contributed by atoms with Crippen LogP contribution in [0.4, 0.5) is 10.5 Å². The number of aromatic hydroxyl groups is 1. The number of carbonyl (C=O) groups excluding carboxylic acids is 2. The lowest BCUT2D eigenvalue weighted by Gasteiger charge is -2.17. The molecule has 29 heavy (non-hydrogen) atoms. The van der Waals surface area contributed by atoms with Crippen LogP contribution in [0.2, 0.25) is 0 Å². The first-order valence-electron chi connectivity index (χ1n) is 9.39. The van der Waals surface area contributed by atoms with E-state index in [0.29, 0.717) is 25.3 Å². The number of anilines is 1. The monoisotopic (exact) mass is 403 g/mol. The van der Waals surface area contributed by atoms with Gasteiger partial charge in [0.1, 0.15) is 18.2 Å². The van der Waals surface area contributed by atoms with Crippen LogP contribution in [0.1, 0.15) is 32.3 Å². The molecule has 1 atom stereocenters. The summed E-state index contributed by atoms with van der Waals surface area (Å²) in [5.41, 5.74) is 5.90. The van der Waals surface area contributed by atoms with E-state index in [0.717, 1.165) is 12.8 Å². The molecule has 9 nitrogen and oxygen atoms in total. The Morgan fingerprint density at radius 1 is 1.41 bits per heavy atom.